The van der Waals surface area contributed by atoms with Crippen LogP contribution >= 0.6 is 0 Å². The molecular weight excluding hydrogens is 254 g/mol. The minimum absolute atomic E-state index is 0.102. The lowest BCUT2D eigenvalue weighted by Crippen LogP contribution is -2.39. The molecule has 110 valence electrons. The van der Waals surface area contributed by atoms with Crippen LogP contribution in [0.4, 0.5) is 0 Å². The number of carboxylic acids is 1. The van der Waals surface area contributed by atoms with Crippen LogP contribution in [0, 0.1) is 5.41 Å². The quantitative estimate of drug-likeness (QED) is 0.805. The molecular formula is C16H23NO3. The van der Waals surface area contributed by atoms with Crippen molar-refractivity contribution >= 4 is 11.9 Å². The number of carboxylic acid groups (broad SMARTS) is 1. The molecule has 0 fully saturated rings. The van der Waals surface area contributed by atoms with Crippen LogP contribution in [0.25, 0.3) is 0 Å². The number of carbonyl (C=O) groups excluding carboxylic acids is 1. The van der Waals surface area contributed by atoms with Gasteiger partial charge in [-0.15, -0.1) is 0 Å². The summed E-state index contributed by atoms with van der Waals surface area (Å²) in [6.45, 7) is 5.40. The van der Waals surface area contributed by atoms with Gasteiger partial charge in [0.05, 0.1) is 5.41 Å². The van der Waals surface area contributed by atoms with E-state index in [1.165, 1.54) is 0 Å². The Morgan fingerprint density at radius 2 is 1.85 bits per heavy atom. The minimum atomic E-state index is -0.940. The third kappa shape index (κ3) is 4.68. The van der Waals surface area contributed by atoms with E-state index in [1.807, 2.05) is 37.3 Å². The van der Waals surface area contributed by atoms with E-state index in [4.69, 9.17) is 5.11 Å². The van der Waals surface area contributed by atoms with Crippen molar-refractivity contribution in [3.05, 3.63) is 35.9 Å². The molecule has 0 spiro atoms. The number of amides is 1. The minimum Gasteiger partial charge on any atom is -0.481 e. The van der Waals surface area contributed by atoms with Crippen LogP contribution in [0.15, 0.2) is 30.3 Å². The summed E-state index contributed by atoms with van der Waals surface area (Å²) in [7, 11) is 0. The van der Waals surface area contributed by atoms with Gasteiger partial charge in [-0.2, -0.15) is 0 Å². The van der Waals surface area contributed by atoms with Gasteiger partial charge in [0, 0.05) is 13.0 Å². The SMILES string of the molecule is CCC(CC(=O)NCC(C)(C)C(=O)O)c1ccccc1. The van der Waals surface area contributed by atoms with E-state index in [0.717, 1.165) is 12.0 Å². The molecule has 0 heterocycles. The lowest BCUT2D eigenvalue weighted by Gasteiger charge is -2.21. The number of benzene rings is 1. The van der Waals surface area contributed by atoms with Crippen LogP contribution < -0.4 is 5.32 Å². The normalized spacial score (nSPS) is 12.8. The van der Waals surface area contributed by atoms with Gasteiger partial charge >= 0.3 is 5.97 Å². The lowest BCUT2D eigenvalue weighted by atomic mass is 9.91. The maximum atomic E-state index is 12.0. The highest BCUT2D eigenvalue weighted by Gasteiger charge is 2.27. The number of hydrogen-bond donors (Lipinski definition) is 2. The summed E-state index contributed by atoms with van der Waals surface area (Å²) in [6, 6.07) is 9.91. The number of aliphatic carboxylic acids is 1. The molecule has 20 heavy (non-hydrogen) atoms. The fourth-order valence-electron chi connectivity index (χ4n) is 1.91. The summed E-state index contributed by atoms with van der Waals surface area (Å²) in [4.78, 5) is 22.9. The largest absolute Gasteiger partial charge is 0.481 e. The standard InChI is InChI=1S/C16H23NO3/c1-4-12(13-8-6-5-7-9-13)10-14(18)17-11-16(2,3)15(19)20/h5-9,12H,4,10-11H2,1-3H3,(H,17,18)(H,19,20). The number of rotatable bonds is 7. The Hall–Kier alpha value is -1.84. The Morgan fingerprint density at radius 1 is 1.25 bits per heavy atom. The Balaban J connectivity index is 2.55. The first kappa shape index (κ1) is 16.2. The zero-order valence-corrected chi connectivity index (χ0v) is 12.3. The molecule has 0 aliphatic carbocycles. The third-order valence-electron chi connectivity index (χ3n) is 3.50. The second kappa shape index (κ2) is 7.08. The molecule has 4 heteroatoms. The number of hydrogen-bond acceptors (Lipinski definition) is 2. The third-order valence-corrected chi connectivity index (χ3v) is 3.50. The predicted molar refractivity (Wildman–Crippen MR) is 78.5 cm³/mol. The maximum absolute atomic E-state index is 12.0. The average molecular weight is 277 g/mol. The molecule has 1 amide bonds. The summed E-state index contributed by atoms with van der Waals surface area (Å²) in [5, 5.41) is 11.7. The summed E-state index contributed by atoms with van der Waals surface area (Å²) >= 11 is 0. The molecule has 0 saturated heterocycles. The van der Waals surface area contributed by atoms with E-state index in [1.54, 1.807) is 13.8 Å². The van der Waals surface area contributed by atoms with Crippen molar-refractivity contribution in [3.8, 4) is 0 Å². The molecule has 0 bridgehead atoms. The number of carbonyl (C=O) groups is 2. The number of nitrogens with one attached hydrogen (secondary N) is 1. The molecule has 0 saturated carbocycles. The zero-order valence-electron chi connectivity index (χ0n) is 12.3. The van der Waals surface area contributed by atoms with E-state index in [2.05, 4.69) is 5.32 Å². The van der Waals surface area contributed by atoms with E-state index in [-0.39, 0.29) is 18.4 Å². The van der Waals surface area contributed by atoms with Gasteiger partial charge in [0.2, 0.25) is 5.91 Å². The molecule has 1 aromatic rings. The van der Waals surface area contributed by atoms with Crippen LogP contribution in [0.5, 0.6) is 0 Å². The van der Waals surface area contributed by atoms with Crippen molar-refractivity contribution in [2.24, 2.45) is 5.41 Å². The van der Waals surface area contributed by atoms with Crippen molar-refractivity contribution in [3.63, 3.8) is 0 Å². The van der Waals surface area contributed by atoms with Crippen LogP contribution in [-0.4, -0.2) is 23.5 Å². The predicted octanol–water partition coefficient (Wildman–Crippen LogP) is 2.80. The molecule has 0 aliphatic rings. The summed E-state index contributed by atoms with van der Waals surface area (Å²) < 4.78 is 0. The van der Waals surface area contributed by atoms with Crippen LogP contribution in [-0.2, 0) is 9.59 Å². The summed E-state index contributed by atoms with van der Waals surface area (Å²) in [6.07, 6.45) is 1.26. The van der Waals surface area contributed by atoms with Gasteiger partial charge in [-0.25, -0.2) is 0 Å². The van der Waals surface area contributed by atoms with Crippen molar-refractivity contribution in [2.45, 2.75) is 39.5 Å². The molecule has 2 N–H and O–H groups in total. The van der Waals surface area contributed by atoms with Gasteiger partial charge in [0.25, 0.3) is 0 Å². The maximum Gasteiger partial charge on any atom is 0.310 e. The first-order valence-electron chi connectivity index (χ1n) is 6.92. The van der Waals surface area contributed by atoms with E-state index >= 15 is 0 Å². The molecule has 0 aromatic heterocycles. The lowest BCUT2D eigenvalue weighted by molar-refractivity contribution is -0.146. The Kier molecular flexibility index (Phi) is 5.74. The van der Waals surface area contributed by atoms with Crippen LogP contribution in [0.2, 0.25) is 0 Å². The highest BCUT2D eigenvalue weighted by atomic mass is 16.4. The Morgan fingerprint density at radius 3 is 2.35 bits per heavy atom. The van der Waals surface area contributed by atoms with Crippen molar-refractivity contribution in [1.29, 1.82) is 0 Å². The zero-order chi connectivity index (χ0) is 15.2. The second-order valence-corrected chi connectivity index (χ2v) is 5.69. The molecule has 0 aliphatic heterocycles. The molecule has 1 rings (SSSR count). The van der Waals surface area contributed by atoms with Gasteiger partial charge in [-0.1, -0.05) is 37.3 Å². The molecule has 4 nitrogen and oxygen atoms in total. The van der Waals surface area contributed by atoms with Gasteiger partial charge in [0.1, 0.15) is 0 Å². The molecule has 1 atom stereocenters. The molecule has 0 radical (unpaired) electrons. The Labute approximate surface area is 120 Å². The van der Waals surface area contributed by atoms with Crippen molar-refractivity contribution in [2.75, 3.05) is 6.54 Å². The average Bonchev–Trinajstić information content (AvgIpc) is 2.43. The second-order valence-electron chi connectivity index (χ2n) is 5.69. The van der Waals surface area contributed by atoms with Crippen molar-refractivity contribution in [1.82, 2.24) is 5.32 Å². The van der Waals surface area contributed by atoms with Crippen LogP contribution in [0.1, 0.15) is 45.1 Å². The van der Waals surface area contributed by atoms with E-state index in [0.29, 0.717) is 6.42 Å². The summed E-state index contributed by atoms with van der Waals surface area (Å²) in [5.41, 5.74) is 0.201. The van der Waals surface area contributed by atoms with E-state index < -0.39 is 11.4 Å². The van der Waals surface area contributed by atoms with Gasteiger partial charge in [-0.3, -0.25) is 9.59 Å². The Bertz CT molecular complexity index is 454. The van der Waals surface area contributed by atoms with Gasteiger partial charge < -0.3 is 10.4 Å². The van der Waals surface area contributed by atoms with Gasteiger partial charge in [0.15, 0.2) is 0 Å². The fourth-order valence-corrected chi connectivity index (χ4v) is 1.91. The highest BCUT2D eigenvalue weighted by molar-refractivity contribution is 5.79. The van der Waals surface area contributed by atoms with Crippen LogP contribution in [0.3, 0.4) is 0 Å². The monoisotopic (exact) mass is 277 g/mol. The molecule has 1 aromatic carbocycles. The fraction of sp³-hybridized carbons (Fsp3) is 0.500. The molecule has 1 unspecified atom stereocenters. The topological polar surface area (TPSA) is 66.4 Å². The highest BCUT2D eigenvalue weighted by Crippen LogP contribution is 2.23. The van der Waals surface area contributed by atoms with Gasteiger partial charge in [-0.05, 0) is 31.7 Å². The first-order chi connectivity index (χ1) is 9.36. The first-order valence-corrected chi connectivity index (χ1v) is 6.92. The summed E-state index contributed by atoms with van der Waals surface area (Å²) in [5.74, 6) is -0.841. The van der Waals surface area contributed by atoms with E-state index in [9.17, 15) is 9.59 Å². The van der Waals surface area contributed by atoms with Crippen molar-refractivity contribution < 1.29 is 14.7 Å². The smallest absolute Gasteiger partial charge is 0.310 e.